The van der Waals surface area contributed by atoms with Gasteiger partial charge in [-0.05, 0) is 17.5 Å². The molecule has 0 amide bonds. The van der Waals surface area contributed by atoms with Gasteiger partial charge >= 0.3 is 0 Å². The van der Waals surface area contributed by atoms with Gasteiger partial charge in [0.1, 0.15) is 5.01 Å². The monoisotopic (exact) mass is 273 g/mol. The molecule has 0 fully saturated rings. The zero-order valence-corrected chi connectivity index (χ0v) is 11.3. The van der Waals surface area contributed by atoms with Gasteiger partial charge in [0.05, 0.1) is 15.9 Å². The van der Waals surface area contributed by atoms with Crippen LogP contribution in [0.2, 0.25) is 0 Å². The molecule has 0 bridgehead atoms. The van der Waals surface area contributed by atoms with E-state index in [0.717, 1.165) is 35.6 Å². The van der Waals surface area contributed by atoms with Gasteiger partial charge < -0.3 is 5.32 Å². The van der Waals surface area contributed by atoms with Gasteiger partial charge in [-0.15, -0.1) is 22.7 Å². The van der Waals surface area contributed by atoms with Crippen molar-refractivity contribution in [1.29, 1.82) is 0 Å². The summed E-state index contributed by atoms with van der Waals surface area (Å²) in [5.74, 6) is 0. The zero-order valence-electron chi connectivity index (χ0n) is 9.64. The third kappa shape index (κ3) is 1.67. The molecule has 1 N–H and O–H groups in total. The summed E-state index contributed by atoms with van der Waals surface area (Å²) in [6.45, 7) is 2.00. The van der Waals surface area contributed by atoms with Crippen LogP contribution in [-0.2, 0) is 13.0 Å². The summed E-state index contributed by atoms with van der Waals surface area (Å²) in [5.41, 5.74) is 3.48. The number of rotatable bonds is 1. The summed E-state index contributed by atoms with van der Waals surface area (Å²) in [6.07, 6.45) is 2.98. The summed E-state index contributed by atoms with van der Waals surface area (Å²) in [6, 6.07) is 4.26. The standard InChI is InChI=1S/C13H11N3S2/c1-3-14-7-12-10(1)16-13(18-12)8-5-11-9(15-6-8)2-4-17-11/h2,4-6,14H,1,3,7H2. The first kappa shape index (κ1) is 10.6. The lowest BCUT2D eigenvalue weighted by atomic mass is 10.2. The average Bonchev–Trinajstić information content (AvgIpc) is 3.04. The van der Waals surface area contributed by atoms with E-state index in [4.69, 9.17) is 4.98 Å². The zero-order chi connectivity index (χ0) is 11.9. The normalized spacial score (nSPS) is 14.9. The summed E-state index contributed by atoms with van der Waals surface area (Å²) in [5, 5.41) is 6.57. The molecule has 0 atom stereocenters. The quantitative estimate of drug-likeness (QED) is 0.740. The Kier molecular flexibility index (Phi) is 2.43. The number of aromatic nitrogens is 2. The second-order valence-corrected chi connectivity index (χ2v) is 6.37. The fourth-order valence-corrected chi connectivity index (χ4v) is 4.05. The maximum Gasteiger partial charge on any atom is 0.125 e. The van der Waals surface area contributed by atoms with Crippen LogP contribution in [0.3, 0.4) is 0 Å². The molecule has 1 aliphatic heterocycles. The van der Waals surface area contributed by atoms with E-state index in [1.807, 2.05) is 6.20 Å². The van der Waals surface area contributed by atoms with E-state index in [9.17, 15) is 0 Å². The van der Waals surface area contributed by atoms with Crippen LogP contribution < -0.4 is 5.32 Å². The molecular formula is C13H11N3S2. The summed E-state index contributed by atoms with van der Waals surface area (Å²) in [4.78, 5) is 10.6. The smallest absolute Gasteiger partial charge is 0.125 e. The highest BCUT2D eigenvalue weighted by Gasteiger charge is 2.16. The number of thiophene rings is 1. The number of hydrogen-bond donors (Lipinski definition) is 1. The minimum Gasteiger partial charge on any atom is -0.311 e. The molecule has 0 aliphatic carbocycles. The molecule has 1 aliphatic rings. The van der Waals surface area contributed by atoms with Crippen molar-refractivity contribution in [2.75, 3.05) is 6.54 Å². The molecular weight excluding hydrogens is 262 g/mol. The number of thiazole rings is 1. The van der Waals surface area contributed by atoms with E-state index in [1.54, 1.807) is 22.7 Å². The van der Waals surface area contributed by atoms with Crippen LogP contribution in [0.4, 0.5) is 0 Å². The summed E-state index contributed by atoms with van der Waals surface area (Å²) < 4.78 is 1.23. The minimum atomic E-state index is 0.960. The average molecular weight is 273 g/mol. The molecule has 5 heteroatoms. The Morgan fingerprint density at radius 2 is 2.33 bits per heavy atom. The van der Waals surface area contributed by atoms with Crippen LogP contribution in [-0.4, -0.2) is 16.5 Å². The molecule has 0 aromatic carbocycles. The first-order valence-electron chi connectivity index (χ1n) is 5.93. The second-order valence-electron chi connectivity index (χ2n) is 4.34. The van der Waals surface area contributed by atoms with E-state index in [0.29, 0.717) is 0 Å². The van der Waals surface area contributed by atoms with Crippen molar-refractivity contribution in [3.8, 4) is 10.6 Å². The molecule has 0 unspecified atom stereocenters. The van der Waals surface area contributed by atoms with Gasteiger partial charge in [0.15, 0.2) is 0 Å². The molecule has 3 aromatic heterocycles. The second kappa shape index (κ2) is 4.12. The van der Waals surface area contributed by atoms with Gasteiger partial charge in [0, 0.05) is 36.1 Å². The molecule has 0 saturated carbocycles. The van der Waals surface area contributed by atoms with Crippen molar-refractivity contribution >= 4 is 32.9 Å². The predicted octanol–water partition coefficient (Wildman–Crippen LogP) is 3.07. The molecule has 4 heterocycles. The SMILES string of the molecule is c1cc2ncc(-c3nc4c(s3)CNCC4)cc2s1. The third-order valence-corrected chi connectivity index (χ3v) is 5.15. The topological polar surface area (TPSA) is 37.8 Å². The van der Waals surface area contributed by atoms with Crippen LogP contribution in [0.15, 0.2) is 23.7 Å². The van der Waals surface area contributed by atoms with Crippen molar-refractivity contribution in [2.45, 2.75) is 13.0 Å². The molecule has 0 radical (unpaired) electrons. The molecule has 0 saturated heterocycles. The van der Waals surface area contributed by atoms with Crippen LogP contribution in [0.25, 0.3) is 20.8 Å². The van der Waals surface area contributed by atoms with Gasteiger partial charge in [-0.2, -0.15) is 0 Å². The van der Waals surface area contributed by atoms with E-state index in [2.05, 4.69) is 27.8 Å². The van der Waals surface area contributed by atoms with E-state index in [1.165, 1.54) is 15.3 Å². The Morgan fingerprint density at radius 3 is 3.28 bits per heavy atom. The number of fused-ring (bicyclic) bond motifs is 2. The van der Waals surface area contributed by atoms with Crippen molar-refractivity contribution < 1.29 is 0 Å². The van der Waals surface area contributed by atoms with Gasteiger partial charge in [0.25, 0.3) is 0 Å². The largest absolute Gasteiger partial charge is 0.311 e. The highest BCUT2D eigenvalue weighted by Crippen LogP contribution is 2.31. The van der Waals surface area contributed by atoms with Crippen molar-refractivity contribution in [3.63, 3.8) is 0 Å². The lowest BCUT2D eigenvalue weighted by Crippen LogP contribution is -2.22. The first-order chi connectivity index (χ1) is 8.90. The highest BCUT2D eigenvalue weighted by molar-refractivity contribution is 7.17. The maximum atomic E-state index is 4.76. The minimum absolute atomic E-state index is 0.960. The van der Waals surface area contributed by atoms with Gasteiger partial charge in [-0.1, -0.05) is 0 Å². The van der Waals surface area contributed by atoms with Crippen LogP contribution in [0.1, 0.15) is 10.6 Å². The fraction of sp³-hybridized carbons (Fsp3) is 0.231. The number of nitrogens with one attached hydrogen (secondary N) is 1. The molecule has 3 nitrogen and oxygen atoms in total. The van der Waals surface area contributed by atoms with Crippen LogP contribution in [0.5, 0.6) is 0 Å². The molecule has 4 rings (SSSR count). The van der Waals surface area contributed by atoms with E-state index >= 15 is 0 Å². The van der Waals surface area contributed by atoms with Crippen molar-refractivity contribution in [3.05, 3.63) is 34.3 Å². The Morgan fingerprint density at radius 1 is 1.33 bits per heavy atom. The Hall–Kier alpha value is -1.30. The Balaban J connectivity index is 1.83. The number of nitrogens with zero attached hydrogens (tertiary/aromatic N) is 2. The summed E-state index contributed by atoms with van der Waals surface area (Å²) >= 11 is 3.52. The van der Waals surface area contributed by atoms with Gasteiger partial charge in [-0.3, -0.25) is 4.98 Å². The van der Waals surface area contributed by atoms with E-state index < -0.39 is 0 Å². The predicted molar refractivity (Wildman–Crippen MR) is 76.1 cm³/mol. The third-order valence-electron chi connectivity index (χ3n) is 3.15. The lowest BCUT2D eigenvalue weighted by Gasteiger charge is -2.09. The number of pyridine rings is 1. The van der Waals surface area contributed by atoms with Crippen molar-refractivity contribution in [2.24, 2.45) is 0 Å². The molecule has 18 heavy (non-hydrogen) atoms. The lowest BCUT2D eigenvalue weighted by molar-refractivity contribution is 0.644. The van der Waals surface area contributed by atoms with E-state index in [-0.39, 0.29) is 0 Å². The first-order valence-corrected chi connectivity index (χ1v) is 7.63. The van der Waals surface area contributed by atoms with Gasteiger partial charge in [0.2, 0.25) is 0 Å². The van der Waals surface area contributed by atoms with Crippen LogP contribution in [0, 0.1) is 0 Å². The Labute approximate surface area is 113 Å². The molecule has 0 spiro atoms. The fourth-order valence-electron chi connectivity index (χ4n) is 2.21. The number of hydrogen-bond acceptors (Lipinski definition) is 5. The van der Waals surface area contributed by atoms with Crippen LogP contribution >= 0.6 is 22.7 Å². The molecule has 90 valence electrons. The van der Waals surface area contributed by atoms with Crippen molar-refractivity contribution in [1.82, 2.24) is 15.3 Å². The Bertz CT molecular complexity index is 690. The van der Waals surface area contributed by atoms with Gasteiger partial charge in [-0.25, -0.2) is 4.98 Å². The molecule has 3 aromatic rings. The summed E-state index contributed by atoms with van der Waals surface area (Å²) in [7, 11) is 0. The highest BCUT2D eigenvalue weighted by atomic mass is 32.1. The maximum absolute atomic E-state index is 4.76.